The number of alkyl halides is 3. The molecular formula is C22H22ClF3N2O3. The summed E-state index contributed by atoms with van der Waals surface area (Å²) in [6, 6.07) is 8.68. The summed E-state index contributed by atoms with van der Waals surface area (Å²) in [4.78, 5) is 28.0. The molecule has 1 aromatic heterocycles. The second-order valence-electron chi connectivity index (χ2n) is 7.47. The molecule has 1 aromatic carbocycles. The van der Waals surface area contributed by atoms with Gasteiger partial charge in [-0.05, 0) is 56.0 Å². The van der Waals surface area contributed by atoms with Crippen molar-refractivity contribution >= 4 is 23.3 Å². The van der Waals surface area contributed by atoms with Gasteiger partial charge < -0.3 is 10.1 Å². The Bertz CT molecular complexity index is 894. The van der Waals surface area contributed by atoms with Gasteiger partial charge in [0.2, 0.25) is 11.8 Å². The Balaban J connectivity index is 1.38. The Kier molecular flexibility index (Phi) is 7.54. The average Bonchev–Trinajstić information content (AvgIpc) is 2.74. The highest BCUT2D eigenvalue weighted by atomic mass is 35.5. The van der Waals surface area contributed by atoms with Gasteiger partial charge in [-0.25, -0.2) is 4.98 Å². The summed E-state index contributed by atoms with van der Waals surface area (Å²) in [7, 11) is 0. The molecular weight excluding hydrogens is 433 g/mol. The molecule has 31 heavy (non-hydrogen) atoms. The summed E-state index contributed by atoms with van der Waals surface area (Å²) in [6.45, 7) is 0. The molecule has 0 aliphatic heterocycles. The van der Waals surface area contributed by atoms with Crippen molar-refractivity contribution in [3.05, 3.63) is 58.7 Å². The number of nitrogens with one attached hydrogen (secondary N) is 1. The number of pyridine rings is 1. The van der Waals surface area contributed by atoms with Gasteiger partial charge >= 0.3 is 6.18 Å². The number of carbonyl (C=O) groups excluding carboxylic acids is 2. The maximum atomic E-state index is 12.6. The quantitative estimate of drug-likeness (QED) is 0.582. The van der Waals surface area contributed by atoms with Gasteiger partial charge in [-0.1, -0.05) is 11.6 Å². The van der Waals surface area contributed by atoms with Crippen molar-refractivity contribution in [1.82, 2.24) is 10.3 Å². The van der Waals surface area contributed by atoms with Crippen LogP contribution in [0.4, 0.5) is 13.2 Å². The van der Waals surface area contributed by atoms with Crippen LogP contribution in [0, 0.1) is 0 Å². The molecule has 1 aliphatic carbocycles. The number of ether oxygens (including phenoxy) is 1. The van der Waals surface area contributed by atoms with Crippen molar-refractivity contribution < 1.29 is 27.5 Å². The van der Waals surface area contributed by atoms with Crippen molar-refractivity contribution in [2.45, 2.75) is 56.8 Å². The first kappa shape index (κ1) is 23.1. The molecule has 0 unspecified atom stereocenters. The van der Waals surface area contributed by atoms with E-state index in [1.165, 1.54) is 6.07 Å². The lowest BCUT2D eigenvalue weighted by molar-refractivity contribution is -0.137. The zero-order valence-corrected chi connectivity index (χ0v) is 17.4. The summed E-state index contributed by atoms with van der Waals surface area (Å²) < 4.78 is 43.4. The summed E-state index contributed by atoms with van der Waals surface area (Å²) in [5.41, 5.74) is -0.299. The van der Waals surface area contributed by atoms with Gasteiger partial charge in [0, 0.05) is 41.7 Å². The van der Waals surface area contributed by atoms with Crippen LogP contribution in [-0.4, -0.2) is 28.8 Å². The molecule has 0 bridgehead atoms. The standard InChI is InChI=1S/C22H22ClF3N2O3/c23-16-4-1-14(2-5-16)19(29)10-11-20(30)28-17-6-8-18(9-7-17)31-21-12-3-15(13-27-21)22(24,25)26/h1-5,12-13,17-18H,6-11H2,(H,28,30). The molecule has 1 saturated carbocycles. The number of amides is 1. The van der Waals surface area contributed by atoms with Crippen LogP contribution in [0.25, 0.3) is 0 Å². The van der Waals surface area contributed by atoms with Crippen molar-refractivity contribution in [2.24, 2.45) is 0 Å². The number of nitrogens with zero attached hydrogens (tertiary/aromatic N) is 1. The minimum atomic E-state index is -4.43. The molecule has 0 radical (unpaired) electrons. The number of aromatic nitrogens is 1. The summed E-state index contributed by atoms with van der Waals surface area (Å²) in [6.07, 6.45) is -0.949. The molecule has 5 nitrogen and oxygen atoms in total. The van der Waals surface area contributed by atoms with E-state index in [1.807, 2.05) is 0 Å². The van der Waals surface area contributed by atoms with Gasteiger partial charge in [0.15, 0.2) is 5.78 Å². The van der Waals surface area contributed by atoms with Gasteiger partial charge in [-0.3, -0.25) is 9.59 Å². The van der Waals surface area contributed by atoms with Crippen LogP contribution in [0.2, 0.25) is 5.02 Å². The molecule has 9 heteroatoms. The van der Waals surface area contributed by atoms with E-state index in [4.69, 9.17) is 16.3 Å². The first-order valence-corrected chi connectivity index (χ1v) is 10.4. The summed E-state index contributed by atoms with van der Waals surface area (Å²) in [5, 5.41) is 3.48. The predicted molar refractivity (Wildman–Crippen MR) is 109 cm³/mol. The first-order valence-electron chi connectivity index (χ1n) is 9.99. The number of hydrogen-bond donors (Lipinski definition) is 1. The fraction of sp³-hybridized carbons (Fsp3) is 0.409. The third-order valence-electron chi connectivity index (χ3n) is 5.14. The van der Waals surface area contributed by atoms with E-state index in [2.05, 4.69) is 10.3 Å². The Morgan fingerprint density at radius 3 is 2.29 bits per heavy atom. The fourth-order valence-corrected chi connectivity index (χ4v) is 3.55. The maximum absolute atomic E-state index is 12.6. The van der Waals surface area contributed by atoms with Gasteiger partial charge in [0.1, 0.15) is 6.10 Å². The molecule has 1 fully saturated rings. The Morgan fingerprint density at radius 1 is 1.03 bits per heavy atom. The molecule has 1 amide bonds. The van der Waals surface area contributed by atoms with Crippen LogP contribution in [0.5, 0.6) is 5.88 Å². The molecule has 2 aromatic rings. The molecule has 0 spiro atoms. The Morgan fingerprint density at radius 2 is 1.71 bits per heavy atom. The van der Waals surface area contributed by atoms with Crippen LogP contribution < -0.4 is 10.1 Å². The highest BCUT2D eigenvalue weighted by Gasteiger charge is 2.31. The molecule has 1 heterocycles. The molecule has 0 atom stereocenters. The minimum absolute atomic E-state index is 0.0152. The summed E-state index contributed by atoms with van der Waals surface area (Å²) in [5.74, 6) is -0.148. The normalized spacial score (nSPS) is 19.0. The Labute approximate surface area is 183 Å². The van der Waals surface area contributed by atoms with Crippen LogP contribution >= 0.6 is 11.6 Å². The predicted octanol–water partition coefficient (Wildman–Crippen LogP) is 5.22. The second-order valence-corrected chi connectivity index (χ2v) is 7.91. The number of carbonyl (C=O) groups is 2. The zero-order valence-electron chi connectivity index (χ0n) is 16.6. The number of Topliss-reactive ketones (excluding diaryl/α,β-unsaturated/α-hetero) is 1. The first-order chi connectivity index (χ1) is 14.7. The van der Waals surface area contributed by atoms with Crippen molar-refractivity contribution in [1.29, 1.82) is 0 Å². The van der Waals surface area contributed by atoms with E-state index in [1.54, 1.807) is 24.3 Å². The topological polar surface area (TPSA) is 68.3 Å². The highest BCUT2D eigenvalue weighted by molar-refractivity contribution is 6.30. The number of hydrogen-bond acceptors (Lipinski definition) is 4. The molecule has 0 saturated heterocycles. The SMILES string of the molecule is O=C(CCC(=O)c1ccc(Cl)cc1)NC1CCC(Oc2ccc(C(F)(F)F)cn2)CC1. The van der Waals surface area contributed by atoms with Gasteiger partial charge in [0.05, 0.1) is 5.56 Å². The highest BCUT2D eigenvalue weighted by Crippen LogP contribution is 2.30. The van der Waals surface area contributed by atoms with Gasteiger partial charge in [0.25, 0.3) is 0 Å². The number of benzene rings is 1. The lowest BCUT2D eigenvalue weighted by atomic mass is 9.92. The van der Waals surface area contributed by atoms with Crippen LogP contribution in [0.1, 0.15) is 54.4 Å². The van der Waals surface area contributed by atoms with Crippen LogP contribution in [-0.2, 0) is 11.0 Å². The monoisotopic (exact) mass is 454 g/mol. The lowest BCUT2D eigenvalue weighted by Crippen LogP contribution is -2.39. The zero-order chi connectivity index (χ0) is 22.4. The van der Waals surface area contributed by atoms with E-state index in [0.29, 0.717) is 36.3 Å². The summed E-state index contributed by atoms with van der Waals surface area (Å²) >= 11 is 5.80. The van der Waals surface area contributed by atoms with Crippen molar-refractivity contribution in [3.63, 3.8) is 0 Å². The van der Waals surface area contributed by atoms with Crippen molar-refractivity contribution in [3.8, 4) is 5.88 Å². The maximum Gasteiger partial charge on any atom is 0.417 e. The van der Waals surface area contributed by atoms with E-state index in [9.17, 15) is 22.8 Å². The van der Waals surface area contributed by atoms with E-state index in [-0.39, 0.29) is 42.6 Å². The minimum Gasteiger partial charge on any atom is -0.474 e. The van der Waals surface area contributed by atoms with E-state index in [0.717, 1.165) is 12.3 Å². The second kappa shape index (κ2) is 10.1. The fourth-order valence-electron chi connectivity index (χ4n) is 3.42. The smallest absolute Gasteiger partial charge is 0.417 e. The van der Waals surface area contributed by atoms with Gasteiger partial charge in [-0.15, -0.1) is 0 Å². The van der Waals surface area contributed by atoms with E-state index < -0.39 is 11.7 Å². The lowest BCUT2D eigenvalue weighted by Gasteiger charge is -2.29. The van der Waals surface area contributed by atoms with Gasteiger partial charge in [-0.2, -0.15) is 13.2 Å². The third-order valence-corrected chi connectivity index (χ3v) is 5.39. The molecule has 3 rings (SSSR count). The van der Waals surface area contributed by atoms with Crippen LogP contribution in [0.3, 0.4) is 0 Å². The van der Waals surface area contributed by atoms with E-state index >= 15 is 0 Å². The molecule has 1 N–H and O–H groups in total. The van der Waals surface area contributed by atoms with Crippen molar-refractivity contribution in [2.75, 3.05) is 0 Å². The van der Waals surface area contributed by atoms with Crippen LogP contribution in [0.15, 0.2) is 42.6 Å². The molecule has 166 valence electrons. The third kappa shape index (κ3) is 6.95. The number of ketones is 1. The largest absolute Gasteiger partial charge is 0.474 e. The number of rotatable bonds is 7. The average molecular weight is 455 g/mol. The number of halogens is 4. The Hall–Kier alpha value is -2.61. The molecule has 1 aliphatic rings.